The van der Waals surface area contributed by atoms with E-state index < -0.39 is 35.8 Å². The van der Waals surface area contributed by atoms with Crippen LogP contribution in [-0.2, 0) is 26.0 Å². The van der Waals surface area contributed by atoms with Crippen LogP contribution in [-0.4, -0.2) is 31.0 Å². The van der Waals surface area contributed by atoms with Gasteiger partial charge in [-0.1, -0.05) is 12.1 Å². The maximum atomic E-state index is 11.3. The first-order chi connectivity index (χ1) is 8.93. The van der Waals surface area contributed by atoms with Gasteiger partial charge >= 0.3 is 0 Å². The highest BCUT2D eigenvalue weighted by Gasteiger charge is 2.35. The standard InChI is InChI=1S/C10H11NO7S2/c11-10(12)4-3-9(20(16,17)18)7-5-6(19(13,14)15)1-2-8(7)10/h1-3,5,12H,4,11H2,(H,13,14,15)(H,16,17,18). The summed E-state index contributed by atoms with van der Waals surface area (Å²) in [5.41, 5.74) is 3.33. The van der Waals surface area contributed by atoms with Crippen LogP contribution in [0.2, 0.25) is 0 Å². The van der Waals surface area contributed by atoms with Crippen molar-refractivity contribution in [1.29, 1.82) is 0 Å². The molecule has 8 nitrogen and oxygen atoms in total. The smallest absolute Gasteiger partial charge is 0.294 e. The van der Waals surface area contributed by atoms with Gasteiger partial charge in [0.15, 0.2) is 0 Å². The van der Waals surface area contributed by atoms with Crippen LogP contribution < -0.4 is 5.73 Å². The van der Waals surface area contributed by atoms with Crippen LogP contribution in [0.1, 0.15) is 17.5 Å². The Morgan fingerprint density at radius 1 is 1.10 bits per heavy atom. The first kappa shape index (κ1) is 15.1. The lowest BCUT2D eigenvalue weighted by atomic mass is 9.90. The fourth-order valence-corrected chi connectivity index (χ4v) is 3.23. The molecule has 5 N–H and O–H groups in total. The molecular weight excluding hydrogens is 310 g/mol. The number of rotatable bonds is 2. The van der Waals surface area contributed by atoms with Crippen LogP contribution in [0.15, 0.2) is 29.2 Å². The van der Waals surface area contributed by atoms with E-state index in [9.17, 15) is 21.9 Å². The topological polar surface area (TPSA) is 155 Å². The Balaban J connectivity index is 2.80. The van der Waals surface area contributed by atoms with Gasteiger partial charge in [-0.15, -0.1) is 0 Å². The zero-order valence-electron chi connectivity index (χ0n) is 9.88. The highest BCUT2D eigenvalue weighted by molar-refractivity contribution is 7.95. The van der Waals surface area contributed by atoms with Gasteiger partial charge in [-0.05, 0) is 12.1 Å². The molecule has 20 heavy (non-hydrogen) atoms. The van der Waals surface area contributed by atoms with E-state index in [-0.39, 0.29) is 17.5 Å². The predicted octanol–water partition coefficient (Wildman–Crippen LogP) is -0.330. The fourth-order valence-electron chi connectivity index (χ4n) is 1.98. The van der Waals surface area contributed by atoms with Crippen molar-refractivity contribution in [2.45, 2.75) is 17.0 Å². The summed E-state index contributed by atoms with van der Waals surface area (Å²) in [6.07, 6.45) is 0.700. The molecule has 0 amide bonds. The monoisotopic (exact) mass is 321 g/mol. The van der Waals surface area contributed by atoms with Gasteiger partial charge in [-0.25, -0.2) is 0 Å². The van der Waals surface area contributed by atoms with Crippen molar-refractivity contribution in [2.24, 2.45) is 5.73 Å². The molecule has 0 aromatic heterocycles. The third kappa shape index (κ3) is 2.61. The van der Waals surface area contributed by atoms with Crippen LogP contribution in [0.25, 0.3) is 4.91 Å². The van der Waals surface area contributed by atoms with Crippen molar-refractivity contribution in [3.8, 4) is 0 Å². The lowest BCUT2D eigenvalue weighted by Gasteiger charge is -2.29. The Kier molecular flexibility index (Phi) is 3.28. The van der Waals surface area contributed by atoms with Crippen molar-refractivity contribution in [3.05, 3.63) is 35.4 Å². The molecule has 0 saturated heterocycles. The highest BCUT2D eigenvalue weighted by Crippen LogP contribution is 2.37. The number of benzene rings is 1. The largest absolute Gasteiger partial charge is 0.371 e. The average molecular weight is 321 g/mol. The lowest BCUT2D eigenvalue weighted by Crippen LogP contribution is -2.39. The second kappa shape index (κ2) is 4.35. The van der Waals surface area contributed by atoms with Gasteiger partial charge in [0, 0.05) is 17.5 Å². The molecule has 10 heteroatoms. The van der Waals surface area contributed by atoms with E-state index in [0.29, 0.717) is 0 Å². The summed E-state index contributed by atoms with van der Waals surface area (Å²) in [6, 6.07) is 2.87. The van der Waals surface area contributed by atoms with Gasteiger partial charge in [0.1, 0.15) is 5.72 Å². The molecule has 0 heterocycles. The highest BCUT2D eigenvalue weighted by atomic mass is 32.2. The van der Waals surface area contributed by atoms with E-state index >= 15 is 0 Å². The van der Waals surface area contributed by atoms with Crippen LogP contribution in [0.3, 0.4) is 0 Å². The average Bonchev–Trinajstić information content (AvgIpc) is 2.25. The molecule has 0 aliphatic heterocycles. The molecule has 0 bridgehead atoms. The Morgan fingerprint density at radius 2 is 1.70 bits per heavy atom. The second-order valence-electron chi connectivity index (χ2n) is 4.35. The third-order valence-corrected chi connectivity index (χ3v) is 4.69. The number of nitrogens with two attached hydrogens (primary N) is 1. The van der Waals surface area contributed by atoms with Gasteiger partial charge in [0.25, 0.3) is 20.2 Å². The molecule has 0 spiro atoms. The molecule has 0 saturated carbocycles. The zero-order chi connectivity index (χ0) is 15.3. The summed E-state index contributed by atoms with van der Waals surface area (Å²) >= 11 is 0. The summed E-state index contributed by atoms with van der Waals surface area (Å²) in [7, 11) is -9.20. The second-order valence-corrected chi connectivity index (χ2v) is 7.17. The molecule has 1 unspecified atom stereocenters. The summed E-state index contributed by atoms with van der Waals surface area (Å²) in [5.74, 6) is 0. The summed E-state index contributed by atoms with van der Waals surface area (Å²) < 4.78 is 62.8. The van der Waals surface area contributed by atoms with E-state index in [1.165, 1.54) is 0 Å². The maximum absolute atomic E-state index is 11.3. The summed E-state index contributed by atoms with van der Waals surface area (Å²) in [5, 5.41) is 9.95. The van der Waals surface area contributed by atoms with Gasteiger partial charge in [-0.2, -0.15) is 16.8 Å². The third-order valence-electron chi connectivity index (χ3n) is 2.90. The minimum Gasteiger partial charge on any atom is -0.371 e. The van der Waals surface area contributed by atoms with Crippen LogP contribution in [0.5, 0.6) is 0 Å². The van der Waals surface area contributed by atoms with E-state index in [1.54, 1.807) is 0 Å². The zero-order valence-corrected chi connectivity index (χ0v) is 11.5. The van der Waals surface area contributed by atoms with Crippen molar-refractivity contribution in [3.63, 3.8) is 0 Å². The quantitative estimate of drug-likeness (QED) is 0.426. The van der Waals surface area contributed by atoms with Crippen molar-refractivity contribution < 1.29 is 31.0 Å². The Labute approximate surface area is 115 Å². The SMILES string of the molecule is NC1(O)CC=C(S(=O)(=O)O)c2cc(S(=O)(=O)O)ccc21. The van der Waals surface area contributed by atoms with Crippen LogP contribution in [0.4, 0.5) is 0 Å². The van der Waals surface area contributed by atoms with E-state index in [1.807, 2.05) is 0 Å². The van der Waals surface area contributed by atoms with Crippen LogP contribution in [0, 0.1) is 0 Å². The Morgan fingerprint density at radius 3 is 2.20 bits per heavy atom. The number of aliphatic hydroxyl groups is 1. The molecule has 1 aliphatic carbocycles. The van der Waals surface area contributed by atoms with E-state index in [2.05, 4.69) is 0 Å². The molecule has 1 aliphatic rings. The normalized spacial score (nSPS) is 23.1. The molecule has 0 radical (unpaired) electrons. The Bertz CT molecular complexity index is 806. The molecule has 1 aromatic carbocycles. The molecule has 1 aromatic rings. The minimum absolute atomic E-state index is 0.0694. The fraction of sp³-hybridized carbons (Fsp3) is 0.200. The first-order valence-corrected chi connectivity index (χ1v) is 8.12. The van der Waals surface area contributed by atoms with Gasteiger partial charge in [0.2, 0.25) is 0 Å². The summed E-state index contributed by atoms with van der Waals surface area (Å²) in [4.78, 5) is -1.16. The molecule has 2 rings (SSSR count). The van der Waals surface area contributed by atoms with Crippen molar-refractivity contribution >= 4 is 25.1 Å². The number of fused-ring (bicyclic) bond motifs is 1. The van der Waals surface area contributed by atoms with E-state index in [0.717, 1.165) is 24.3 Å². The van der Waals surface area contributed by atoms with Gasteiger partial charge in [-0.3, -0.25) is 14.8 Å². The van der Waals surface area contributed by atoms with Gasteiger partial charge < -0.3 is 5.11 Å². The van der Waals surface area contributed by atoms with E-state index in [4.69, 9.17) is 14.8 Å². The number of hydrogen-bond acceptors (Lipinski definition) is 6. The van der Waals surface area contributed by atoms with Crippen molar-refractivity contribution in [1.82, 2.24) is 0 Å². The maximum Gasteiger partial charge on any atom is 0.294 e. The predicted molar refractivity (Wildman–Crippen MR) is 68.5 cm³/mol. The minimum atomic E-state index is -4.63. The molecule has 110 valence electrons. The molecule has 0 fully saturated rings. The van der Waals surface area contributed by atoms with Gasteiger partial charge in [0.05, 0.1) is 9.80 Å². The Hall–Kier alpha value is -1.30. The molecule has 1 atom stereocenters. The van der Waals surface area contributed by atoms with Crippen LogP contribution >= 0.6 is 0 Å². The van der Waals surface area contributed by atoms with Crippen molar-refractivity contribution in [2.75, 3.05) is 0 Å². The summed E-state index contributed by atoms with van der Waals surface area (Å²) in [6.45, 7) is 0. The first-order valence-electron chi connectivity index (χ1n) is 5.24. The molecular formula is C10H11NO7S2. The lowest BCUT2D eigenvalue weighted by molar-refractivity contribution is 0.0453. The number of hydrogen-bond donors (Lipinski definition) is 4.